The molecule has 1 aliphatic heterocycles. The van der Waals surface area contributed by atoms with Crippen molar-refractivity contribution in [3.63, 3.8) is 0 Å². The van der Waals surface area contributed by atoms with E-state index in [9.17, 15) is 9.59 Å². The van der Waals surface area contributed by atoms with E-state index < -0.39 is 18.0 Å². The molecule has 1 atom stereocenters. The summed E-state index contributed by atoms with van der Waals surface area (Å²) in [7, 11) is 3.59. The summed E-state index contributed by atoms with van der Waals surface area (Å²) >= 11 is 0. The van der Waals surface area contributed by atoms with Gasteiger partial charge in [-0.05, 0) is 44.3 Å². The number of methoxy groups -OCH3 is 1. The predicted octanol–water partition coefficient (Wildman–Crippen LogP) is 3.42. The van der Waals surface area contributed by atoms with Gasteiger partial charge < -0.3 is 19.7 Å². The van der Waals surface area contributed by atoms with Gasteiger partial charge in [0.05, 0.1) is 18.2 Å². The van der Waals surface area contributed by atoms with Crippen LogP contribution in [0.25, 0.3) is 10.9 Å². The molecule has 3 aromatic rings. The highest BCUT2D eigenvalue weighted by atomic mass is 16.5. The Balaban J connectivity index is 1.57. The lowest BCUT2D eigenvalue weighted by molar-refractivity contribution is -0.123. The second kappa shape index (κ2) is 8.73. The first kappa shape index (κ1) is 20.8. The van der Waals surface area contributed by atoms with E-state index in [-0.39, 0.29) is 0 Å². The number of rotatable bonds is 5. The topological polar surface area (TPSA) is 80.8 Å². The summed E-state index contributed by atoms with van der Waals surface area (Å²) in [6, 6.07) is 14.5. The van der Waals surface area contributed by atoms with Crippen LogP contribution in [0.1, 0.15) is 28.5 Å². The standard InChI is InChI=1S/C24H25N3O4/c1-15(23(28)25-16-8-10-17(30-3)11-9-16)31-24(29)22-18-6-4-5-7-20(18)26-21-12-13-27(2)14-19(21)22/h4-11,15H,12-14H2,1-3H3,(H,25,28). The first-order valence-corrected chi connectivity index (χ1v) is 10.2. The first-order valence-electron chi connectivity index (χ1n) is 10.2. The van der Waals surface area contributed by atoms with Crippen LogP contribution in [0.2, 0.25) is 0 Å². The van der Waals surface area contributed by atoms with Crippen LogP contribution in [0, 0.1) is 0 Å². The number of esters is 1. The zero-order valence-corrected chi connectivity index (χ0v) is 17.8. The maximum atomic E-state index is 13.2. The highest BCUT2D eigenvalue weighted by Gasteiger charge is 2.27. The van der Waals surface area contributed by atoms with Gasteiger partial charge >= 0.3 is 5.97 Å². The maximum Gasteiger partial charge on any atom is 0.339 e. The van der Waals surface area contributed by atoms with E-state index >= 15 is 0 Å². The van der Waals surface area contributed by atoms with E-state index in [0.717, 1.165) is 35.1 Å². The quantitative estimate of drug-likeness (QED) is 0.639. The largest absolute Gasteiger partial charge is 0.497 e. The lowest BCUT2D eigenvalue weighted by atomic mass is 9.96. The van der Waals surface area contributed by atoms with Crippen LogP contribution in [-0.2, 0) is 22.5 Å². The Morgan fingerprint density at radius 3 is 2.61 bits per heavy atom. The molecule has 1 aromatic heterocycles. The summed E-state index contributed by atoms with van der Waals surface area (Å²) < 4.78 is 10.7. The number of hydrogen-bond donors (Lipinski definition) is 1. The van der Waals surface area contributed by atoms with E-state index in [1.165, 1.54) is 0 Å². The molecule has 0 saturated heterocycles. The molecule has 0 aliphatic carbocycles. The summed E-state index contributed by atoms with van der Waals surface area (Å²) in [6.45, 7) is 3.07. The minimum absolute atomic E-state index is 0.400. The van der Waals surface area contributed by atoms with Gasteiger partial charge in [0, 0.05) is 41.8 Å². The van der Waals surface area contributed by atoms with Gasteiger partial charge in [-0.1, -0.05) is 18.2 Å². The first-order chi connectivity index (χ1) is 15.0. The van der Waals surface area contributed by atoms with Crippen molar-refractivity contribution >= 4 is 28.5 Å². The molecule has 2 aromatic carbocycles. The average Bonchev–Trinajstić information content (AvgIpc) is 2.77. The number of carbonyl (C=O) groups excluding carboxylic acids is 2. The number of likely N-dealkylation sites (N-methyl/N-ethyl adjacent to an activating group) is 1. The lowest BCUT2D eigenvalue weighted by Crippen LogP contribution is -2.32. The Morgan fingerprint density at radius 1 is 1.13 bits per heavy atom. The van der Waals surface area contributed by atoms with Crippen molar-refractivity contribution in [3.8, 4) is 5.75 Å². The molecule has 0 spiro atoms. The lowest BCUT2D eigenvalue weighted by Gasteiger charge is -2.27. The van der Waals surface area contributed by atoms with Gasteiger partial charge in [0.25, 0.3) is 5.91 Å². The second-order valence-corrected chi connectivity index (χ2v) is 7.68. The Morgan fingerprint density at radius 2 is 1.87 bits per heavy atom. The number of amides is 1. The van der Waals surface area contributed by atoms with Crippen molar-refractivity contribution in [2.75, 3.05) is 26.0 Å². The van der Waals surface area contributed by atoms with Gasteiger partial charge in [-0.25, -0.2) is 4.79 Å². The number of nitrogens with one attached hydrogen (secondary N) is 1. The minimum Gasteiger partial charge on any atom is -0.497 e. The average molecular weight is 419 g/mol. The maximum absolute atomic E-state index is 13.2. The number of hydrogen-bond acceptors (Lipinski definition) is 6. The second-order valence-electron chi connectivity index (χ2n) is 7.68. The predicted molar refractivity (Wildman–Crippen MR) is 118 cm³/mol. The number of carbonyl (C=O) groups is 2. The third kappa shape index (κ3) is 4.36. The monoisotopic (exact) mass is 419 g/mol. The number of aromatic nitrogens is 1. The summed E-state index contributed by atoms with van der Waals surface area (Å²) in [6.07, 6.45) is -0.191. The van der Waals surface area contributed by atoms with Gasteiger partial charge in [0.1, 0.15) is 5.75 Å². The van der Waals surface area contributed by atoms with E-state index in [4.69, 9.17) is 14.5 Å². The number of nitrogens with zero attached hydrogens (tertiary/aromatic N) is 2. The molecule has 1 aliphatic rings. The van der Waals surface area contributed by atoms with Crippen molar-refractivity contribution in [2.24, 2.45) is 0 Å². The zero-order chi connectivity index (χ0) is 22.0. The van der Waals surface area contributed by atoms with Crippen molar-refractivity contribution in [2.45, 2.75) is 26.0 Å². The van der Waals surface area contributed by atoms with Crippen molar-refractivity contribution < 1.29 is 19.1 Å². The van der Waals surface area contributed by atoms with Crippen LogP contribution in [0.5, 0.6) is 5.75 Å². The van der Waals surface area contributed by atoms with Crippen molar-refractivity contribution in [3.05, 3.63) is 65.4 Å². The number of para-hydroxylation sites is 1. The summed E-state index contributed by atoms with van der Waals surface area (Å²) in [4.78, 5) is 32.7. The van der Waals surface area contributed by atoms with Crippen LogP contribution in [0.15, 0.2) is 48.5 Å². The summed E-state index contributed by atoms with van der Waals surface area (Å²) in [5.74, 6) is -0.220. The SMILES string of the molecule is COc1ccc(NC(=O)C(C)OC(=O)c2c3c(nc4ccccc24)CCN(C)C3)cc1. The van der Waals surface area contributed by atoms with Crippen LogP contribution in [0.4, 0.5) is 5.69 Å². The van der Waals surface area contributed by atoms with Crippen molar-refractivity contribution in [1.29, 1.82) is 0 Å². The highest BCUT2D eigenvalue weighted by Crippen LogP contribution is 2.28. The molecule has 0 bridgehead atoms. The zero-order valence-electron chi connectivity index (χ0n) is 17.8. The van der Waals surface area contributed by atoms with Crippen LogP contribution < -0.4 is 10.1 Å². The Kier molecular flexibility index (Phi) is 5.86. The third-order valence-electron chi connectivity index (χ3n) is 5.45. The van der Waals surface area contributed by atoms with Crippen LogP contribution >= 0.6 is 0 Å². The Bertz CT molecular complexity index is 1130. The Hall–Kier alpha value is -3.45. The van der Waals surface area contributed by atoms with E-state index in [2.05, 4.69) is 10.2 Å². The Labute approximate surface area is 181 Å². The van der Waals surface area contributed by atoms with E-state index in [1.807, 2.05) is 31.3 Å². The molecule has 0 radical (unpaired) electrons. The summed E-state index contributed by atoms with van der Waals surface area (Å²) in [5, 5.41) is 3.50. The molecule has 1 amide bonds. The van der Waals surface area contributed by atoms with Gasteiger partial charge in [-0.2, -0.15) is 0 Å². The molecule has 7 heteroatoms. The molecule has 0 saturated carbocycles. The normalized spacial score (nSPS) is 14.5. The van der Waals surface area contributed by atoms with Crippen molar-refractivity contribution in [1.82, 2.24) is 9.88 Å². The molecule has 31 heavy (non-hydrogen) atoms. The van der Waals surface area contributed by atoms with Gasteiger partial charge in [-0.15, -0.1) is 0 Å². The molecule has 4 rings (SSSR count). The molecule has 1 unspecified atom stereocenters. The number of fused-ring (bicyclic) bond motifs is 2. The highest BCUT2D eigenvalue weighted by molar-refractivity contribution is 6.06. The fourth-order valence-corrected chi connectivity index (χ4v) is 3.75. The number of benzene rings is 2. The molecule has 0 fully saturated rings. The van der Waals surface area contributed by atoms with E-state index in [1.54, 1.807) is 38.3 Å². The smallest absolute Gasteiger partial charge is 0.339 e. The fourth-order valence-electron chi connectivity index (χ4n) is 3.75. The third-order valence-corrected chi connectivity index (χ3v) is 5.45. The van der Waals surface area contributed by atoms with E-state index in [0.29, 0.717) is 23.5 Å². The number of pyridine rings is 1. The molecule has 1 N–H and O–H groups in total. The molecular weight excluding hydrogens is 394 g/mol. The number of anilines is 1. The summed E-state index contributed by atoms with van der Waals surface area (Å²) in [5.41, 5.74) is 3.64. The molecule has 7 nitrogen and oxygen atoms in total. The van der Waals surface area contributed by atoms with Gasteiger partial charge in [0.15, 0.2) is 6.10 Å². The molecule has 160 valence electrons. The van der Waals surface area contributed by atoms with Gasteiger partial charge in [-0.3, -0.25) is 9.78 Å². The molecule has 2 heterocycles. The van der Waals surface area contributed by atoms with Crippen LogP contribution in [-0.4, -0.2) is 48.6 Å². The van der Waals surface area contributed by atoms with Crippen LogP contribution in [0.3, 0.4) is 0 Å². The number of ether oxygens (including phenoxy) is 2. The minimum atomic E-state index is -0.960. The fraction of sp³-hybridized carbons (Fsp3) is 0.292. The van der Waals surface area contributed by atoms with Gasteiger partial charge in [0.2, 0.25) is 0 Å². The molecular formula is C24H25N3O4.